The van der Waals surface area contributed by atoms with Gasteiger partial charge in [0.15, 0.2) is 0 Å². The van der Waals surface area contributed by atoms with E-state index in [9.17, 15) is 4.79 Å². The highest BCUT2D eigenvalue weighted by Crippen LogP contribution is 2.27. The average molecular weight is 334 g/mol. The zero-order valence-corrected chi connectivity index (χ0v) is 15.2. The molecule has 2 fully saturated rings. The third-order valence-electron chi connectivity index (χ3n) is 5.47. The van der Waals surface area contributed by atoms with Crippen molar-refractivity contribution in [3.8, 4) is 0 Å². The van der Waals surface area contributed by atoms with E-state index in [-0.39, 0.29) is 5.91 Å². The highest BCUT2D eigenvalue weighted by atomic mass is 16.2. The second kappa shape index (κ2) is 7.61. The number of hydrogen-bond donors (Lipinski definition) is 0. The van der Waals surface area contributed by atoms with E-state index < -0.39 is 0 Å². The van der Waals surface area contributed by atoms with Crippen molar-refractivity contribution in [3.63, 3.8) is 0 Å². The van der Waals surface area contributed by atoms with Crippen molar-refractivity contribution in [2.24, 2.45) is 7.05 Å². The smallest absolute Gasteiger partial charge is 0.222 e. The van der Waals surface area contributed by atoms with Crippen LogP contribution in [0.5, 0.6) is 0 Å². The number of likely N-dealkylation sites (N-methyl/N-ethyl adjacent to an activating group) is 1. The summed E-state index contributed by atoms with van der Waals surface area (Å²) in [5.74, 6) is 2.83. The Balaban J connectivity index is 1.58. The van der Waals surface area contributed by atoms with Crippen LogP contribution in [0, 0.1) is 0 Å². The van der Waals surface area contributed by atoms with Crippen LogP contribution in [0.15, 0.2) is 0 Å². The SMILES string of the molecule is CCC(=O)N1CCC(c2nnc(CN3CCN(C)CC3)n2C)CC1. The zero-order chi connectivity index (χ0) is 17.1. The van der Waals surface area contributed by atoms with Gasteiger partial charge in [-0.05, 0) is 19.9 Å². The molecule has 134 valence electrons. The number of hydrogen-bond acceptors (Lipinski definition) is 5. The Morgan fingerprint density at radius 1 is 1.04 bits per heavy atom. The first-order chi connectivity index (χ1) is 11.6. The molecule has 1 amide bonds. The van der Waals surface area contributed by atoms with Gasteiger partial charge < -0.3 is 14.4 Å². The van der Waals surface area contributed by atoms with E-state index in [4.69, 9.17) is 0 Å². The Morgan fingerprint density at radius 2 is 1.71 bits per heavy atom. The molecule has 0 unspecified atom stereocenters. The summed E-state index contributed by atoms with van der Waals surface area (Å²) in [6.07, 6.45) is 2.59. The lowest BCUT2D eigenvalue weighted by atomic mass is 9.95. The van der Waals surface area contributed by atoms with E-state index >= 15 is 0 Å². The minimum absolute atomic E-state index is 0.266. The molecule has 0 radical (unpaired) electrons. The van der Waals surface area contributed by atoms with Gasteiger partial charge >= 0.3 is 0 Å². The van der Waals surface area contributed by atoms with Gasteiger partial charge in [-0.3, -0.25) is 9.69 Å². The monoisotopic (exact) mass is 334 g/mol. The molecule has 2 saturated heterocycles. The van der Waals surface area contributed by atoms with Gasteiger partial charge in [0.05, 0.1) is 6.54 Å². The number of carbonyl (C=O) groups excluding carboxylic acids is 1. The van der Waals surface area contributed by atoms with Crippen LogP contribution in [0.25, 0.3) is 0 Å². The molecule has 24 heavy (non-hydrogen) atoms. The van der Waals surface area contributed by atoms with Crippen molar-refractivity contribution >= 4 is 5.91 Å². The van der Waals surface area contributed by atoms with Crippen LogP contribution in [0.4, 0.5) is 0 Å². The first-order valence-electron chi connectivity index (χ1n) is 9.15. The van der Waals surface area contributed by atoms with Crippen molar-refractivity contribution in [1.82, 2.24) is 29.5 Å². The summed E-state index contributed by atoms with van der Waals surface area (Å²) in [4.78, 5) is 18.6. The second-order valence-electron chi connectivity index (χ2n) is 7.12. The molecule has 0 bridgehead atoms. The minimum atomic E-state index is 0.266. The normalized spacial score (nSPS) is 21.4. The Kier molecular flexibility index (Phi) is 5.50. The largest absolute Gasteiger partial charge is 0.343 e. The Bertz CT molecular complexity index is 555. The van der Waals surface area contributed by atoms with Gasteiger partial charge in [0, 0.05) is 58.7 Å². The number of carbonyl (C=O) groups is 1. The van der Waals surface area contributed by atoms with Crippen LogP contribution < -0.4 is 0 Å². The molecule has 7 heteroatoms. The summed E-state index contributed by atoms with van der Waals surface area (Å²) in [5.41, 5.74) is 0. The molecule has 3 heterocycles. The first kappa shape index (κ1) is 17.4. The fraction of sp³-hybridized carbons (Fsp3) is 0.824. The van der Waals surface area contributed by atoms with E-state index in [0.29, 0.717) is 12.3 Å². The molecular weight excluding hydrogens is 304 g/mol. The topological polar surface area (TPSA) is 57.5 Å². The van der Waals surface area contributed by atoms with Crippen LogP contribution in [0.2, 0.25) is 0 Å². The van der Waals surface area contributed by atoms with Gasteiger partial charge in [-0.1, -0.05) is 6.92 Å². The molecule has 7 nitrogen and oxygen atoms in total. The molecule has 1 aromatic heterocycles. The molecule has 2 aliphatic heterocycles. The first-order valence-corrected chi connectivity index (χ1v) is 9.15. The number of rotatable bonds is 4. The third kappa shape index (κ3) is 3.78. The summed E-state index contributed by atoms with van der Waals surface area (Å²) in [5, 5.41) is 8.93. The molecule has 0 N–H and O–H groups in total. The number of aromatic nitrogens is 3. The number of piperazine rings is 1. The van der Waals surface area contributed by atoms with Crippen molar-refractivity contribution in [1.29, 1.82) is 0 Å². The van der Waals surface area contributed by atoms with Crippen LogP contribution in [0.3, 0.4) is 0 Å². The fourth-order valence-corrected chi connectivity index (χ4v) is 3.69. The molecule has 0 aromatic carbocycles. The van der Waals surface area contributed by atoms with Crippen molar-refractivity contribution in [3.05, 3.63) is 11.6 Å². The third-order valence-corrected chi connectivity index (χ3v) is 5.47. The van der Waals surface area contributed by atoms with Gasteiger partial charge in [0.1, 0.15) is 11.6 Å². The molecule has 0 saturated carbocycles. The maximum atomic E-state index is 11.8. The van der Waals surface area contributed by atoms with E-state index in [1.165, 1.54) is 0 Å². The van der Waals surface area contributed by atoms with Crippen LogP contribution in [-0.2, 0) is 18.4 Å². The lowest BCUT2D eigenvalue weighted by Crippen LogP contribution is -2.44. The predicted molar refractivity (Wildman–Crippen MR) is 92.6 cm³/mol. The van der Waals surface area contributed by atoms with E-state index in [1.54, 1.807) is 0 Å². The summed E-state index contributed by atoms with van der Waals surface area (Å²) < 4.78 is 2.18. The average Bonchev–Trinajstić information content (AvgIpc) is 2.97. The fourth-order valence-electron chi connectivity index (χ4n) is 3.69. The van der Waals surface area contributed by atoms with Crippen molar-refractivity contribution in [2.75, 3.05) is 46.3 Å². The van der Waals surface area contributed by atoms with Crippen LogP contribution in [0.1, 0.15) is 43.8 Å². The van der Waals surface area contributed by atoms with Gasteiger partial charge in [-0.15, -0.1) is 10.2 Å². The molecule has 2 aliphatic rings. The van der Waals surface area contributed by atoms with Gasteiger partial charge in [-0.25, -0.2) is 0 Å². The second-order valence-corrected chi connectivity index (χ2v) is 7.12. The molecule has 3 rings (SSSR count). The Labute approximate surface area is 144 Å². The molecule has 0 spiro atoms. The molecular formula is C17H30N6O. The number of piperidine rings is 1. The van der Waals surface area contributed by atoms with E-state index in [2.05, 4.69) is 38.7 Å². The summed E-state index contributed by atoms with van der Waals surface area (Å²) in [7, 11) is 4.26. The number of amides is 1. The summed E-state index contributed by atoms with van der Waals surface area (Å²) in [6, 6.07) is 0. The van der Waals surface area contributed by atoms with Crippen molar-refractivity contribution < 1.29 is 4.79 Å². The maximum absolute atomic E-state index is 11.8. The highest BCUT2D eigenvalue weighted by Gasteiger charge is 2.27. The minimum Gasteiger partial charge on any atom is -0.343 e. The van der Waals surface area contributed by atoms with Gasteiger partial charge in [0.25, 0.3) is 0 Å². The number of likely N-dealkylation sites (tertiary alicyclic amines) is 1. The Morgan fingerprint density at radius 3 is 2.33 bits per heavy atom. The predicted octanol–water partition coefficient (Wildman–Crippen LogP) is 0.679. The number of nitrogens with zero attached hydrogens (tertiary/aromatic N) is 6. The highest BCUT2D eigenvalue weighted by molar-refractivity contribution is 5.75. The summed E-state index contributed by atoms with van der Waals surface area (Å²) >= 11 is 0. The van der Waals surface area contributed by atoms with Gasteiger partial charge in [0.2, 0.25) is 5.91 Å². The standard InChI is InChI=1S/C17H30N6O/c1-4-16(24)23-7-5-14(6-8-23)17-19-18-15(21(17)3)13-22-11-9-20(2)10-12-22/h14H,4-13H2,1-3H3. The lowest BCUT2D eigenvalue weighted by Gasteiger charge is -2.32. The van der Waals surface area contributed by atoms with Gasteiger partial charge in [-0.2, -0.15) is 0 Å². The van der Waals surface area contributed by atoms with Crippen LogP contribution in [-0.4, -0.2) is 81.7 Å². The van der Waals surface area contributed by atoms with Crippen LogP contribution >= 0.6 is 0 Å². The van der Waals surface area contributed by atoms with E-state index in [1.807, 2.05) is 11.8 Å². The van der Waals surface area contributed by atoms with E-state index in [0.717, 1.165) is 70.3 Å². The molecule has 1 aromatic rings. The Hall–Kier alpha value is -1.47. The summed E-state index contributed by atoms with van der Waals surface area (Å²) in [6.45, 7) is 8.93. The maximum Gasteiger partial charge on any atom is 0.222 e. The zero-order valence-electron chi connectivity index (χ0n) is 15.2. The molecule has 0 atom stereocenters. The quantitative estimate of drug-likeness (QED) is 0.810. The molecule has 0 aliphatic carbocycles. The lowest BCUT2D eigenvalue weighted by molar-refractivity contribution is -0.131. The van der Waals surface area contributed by atoms with Crippen molar-refractivity contribution in [2.45, 2.75) is 38.6 Å².